The molecule has 150 valence electrons. The van der Waals surface area contributed by atoms with Gasteiger partial charge in [-0.05, 0) is 55.7 Å². The number of hydrogen-bond acceptors (Lipinski definition) is 5. The van der Waals surface area contributed by atoms with E-state index in [1.54, 1.807) is 36.7 Å². The fourth-order valence-electron chi connectivity index (χ4n) is 3.53. The minimum absolute atomic E-state index is 0.161. The topological polar surface area (TPSA) is 96.0 Å². The van der Waals surface area contributed by atoms with Crippen LogP contribution in [-0.4, -0.2) is 40.8 Å². The Morgan fingerprint density at radius 1 is 1.07 bits per heavy atom. The van der Waals surface area contributed by atoms with E-state index in [1.807, 2.05) is 19.9 Å². The minimum Gasteiger partial charge on any atom is -0.310 e. The summed E-state index contributed by atoms with van der Waals surface area (Å²) in [6.07, 6.45) is 3.89. The molecule has 29 heavy (non-hydrogen) atoms. The van der Waals surface area contributed by atoms with E-state index < -0.39 is 10.0 Å². The van der Waals surface area contributed by atoms with Gasteiger partial charge in [0.1, 0.15) is 5.82 Å². The Morgan fingerprint density at radius 2 is 1.83 bits per heavy atom. The smallest absolute Gasteiger partial charge is 0.251 e. The van der Waals surface area contributed by atoms with Crippen LogP contribution in [0.1, 0.15) is 29.3 Å². The van der Waals surface area contributed by atoms with E-state index >= 15 is 0 Å². The highest BCUT2D eigenvalue weighted by atomic mass is 32.2. The van der Waals surface area contributed by atoms with Crippen LogP contribution in [0, 0.1) is 13.8 Å². The number of nitrogens with one attached hydrogen (secondary N) is 1. The third-order valence-electron chi connectivity index (χ3n) is 5.39. The lowest BCUT2D eigenvalue weighted by Crippen LogP contribution is -2.29. The minimum atomic E-state index is -3.59. The number of H-pyrrole nitrogens is 1. The molecule has 2 aromatic heterocycles. The summed E-state index contributed by atoms with van der Waals surface area (Å²) in [6, 6.07) is 10.2. The van der Waals surface area contributed by atoms with Crippen molar-refractivity contribution in [1.82, 2.24) is 19.3 Å². The normalized spacial score (nSPS) is 17.5. The van der Waals surface area contributed by atoms with Crippen molar-refractivity contribution in [1.29, 1.82) is 0 Å². The Kier molecular flexibility index (Phi) is 5.06. The highest BCUT2D eigenvalue weighted by Crippen LogP contribution is 2.30. The molecule has 3 heterocycles. The molecule has 0 amide bonds. The van der Waals surface area contributed by atoms with Crippen molar-refractivity contribution < 1.29 is 8.42 Å². The first-order valence-electron chi connectivity index (χ1n) is 9.43. The fraction of sp³-hybridized carbons (Fsp3) is 0.286. The maximum Gasteiger partial charge on any atom is 0.251 e. The number of nitrogens with zero attached hydrogens (tertiary/aromatic N) is 3. The van der Waals surface area contributed by atoms with Crippen molar-refractivity contribution in [2.24, 2.45) is 0 Å². The number of benzene rings is 1. The monoisotopic (exact) mass is 410 g/mol. The Hall–Kier alpha value is -2.84. The molecule has 0 saturated carbocycles. The lowest BCUT2D eigenvalue weighted by Gasteiger charge is -2.17. The van der Waals surface area contributed by atoms with Gasteiger partial charge in [0.15, 0.2) is 0 Å². The molecule has 1 saturated heterocycles. The molecule has 1 aromatic carbocycles. The van der Waals surface area contributed by atoms with E-state index in [2.05, 4.69) is 15.0 Å². The first-order valence-corrected chi connectivity index (χ1v) is 10.9. The van der Waals surface area contributed by atoms with Crippen molar-refractivity contribution in [3.63, 3.8) is 0 Å². The highest BCUT2D eigenvalue weighted by Gasteiger charge is 2.34. The Morgan fingerprint density at radius 3 is 2.55 bits per heavy atom. The highest BCUT2D eigenvalue weighted by molar-refractivity contribution is 7.89. The molecule has 1 aliphatic heterocycles. The van der Waals surface area contributed by atoms with E-state index in [0.29, 0.717) is 29.4 Å². The Labute approximate surface area is 169 Å². The van der Waals surface area contributed by atoms with Gasteiger partial charge in [0.25, 0.3) is 5.56 Å². The molecule has 1 N–H and O–H groups in total. The van der Waals surface area contributed by atoms with E-state index in [4.69, 9.17) is 0 Å². The predicted molar refractivity (Wildman–Crippen MR) is 110 cm³/mol. The molecule has 1 fully saturated rings. The molecule has 1 atom stereocenters. The summed E-state index contributed by atoms with van der Waals surface area (Å²) in [5.41, 5.74) is 3.10. The molecular weight excluding hydrogens is 388 g/mol. The zero-order valence-electron chi connectivity index (χ0n) is 16.3. The van der Waals surface area contributed by atoms with Gasteiger partial charge in [-0.3, -0.25) is 9.78 Å². The van der Waals surface area contributed by atoms with E-state index in [9.17, 15) is 13.2 Å². The van der Waals surface area contributed by atoms with Crippen molar-refractivity contribution in [2.45, 2.75) is 31.1 Å². The molecule has 0 radical (unpaired) electrons. The first kappa shape index (κ1) is 19.5. The van der Waals surface area contributed by atoms with Gasteiger partial charge < -0.3 is 4.98 Å². The van der Waals surface area contributed by atoms with Crippen LogP contribution in [0.25, 0.3) is 11.3 Å². The van der Waals surface area contributed by atoms with Crippen LogP contribution in [0.15, 0.2) is 58.5 Å². The summed E-state index contributed by atoms with van der Waals surface area (Å²) >= 11 is 0. The van der Waals surface area contributed by atoms with E-state index in [-0.39, 0.29) is 18.0 Å². The second-order valence-electron chi connectivity index (χ2n) is 7.35. The lowest BCUT2D eigenvalue weighted by molar-refractivity contribution is 0.471. The van der Waals surface area contributed by atoms with Gasteiger partial charge in [0.2, 0.25) is 10.0 Å². The summed E-state index contributed by atoms with van der Waals surface area (Å²) in [7, 11) is -3.59. The van der Waals surface area contributed by atoms with Crippen LogP contribution in [0.3, 0.4) is 0 Å². The quantitative estimate of drug-likeness (QED) is 0.713. The average Bonchev–Trinajstić information content (AvgIpc) is 3.21. The number of aromatic amines is 1. The predicted octanol–water partition coefficient (Wildman–Crippen LogP) is 2.63. The molecule has 4 rings (SSSR count). The van der Waals surface area contributed by atoms with Crippen LogP contribution < -0.4 is 5.56 Å². The van der Waals surface area contributed by atoms with Crippen LogP contribution in [-0.2, 0) is 10.0 Å². The number of pyridine rings is 1. The van der Waals surface area contributed by atoms with Crippen LogP contribution in [0.5, 0.6) is 0 Å². The largest absolute Gasteiger partial charge is 0.310 e. The second kappa shape index (κ2) is 7.53. The van der Waals surface area contributed by atoms with Crippen molar-refractivity contribution in [2.75, 3.05) is 13.1 Å². The molecule has 1 unspecified atom stereocenters. The molecule has 0 spiro atoms. The van der Waals surface area contributed by atoms with Gasteiger partial charge in [0.05, 0.1) is 10.6 Å². The molecule has 7 nitrogen and oxygen atoms in total. The second-order valence-corrected chi connectivity index (χ2v) is 9.28. The van der Waals surface area contributed by atoms with Crippen molar-refractivity contribution >= 4 is 10.0 Å². The van der Waals surface area contributed by atoms with Gasteiger partial charge in [-0.25, -0.2) is 13.4 Å². The van der Waals surface area contributed by atoms with Crippen molar-refractivity contribution in [3.05, 3.63) is 76.1 Å². The summed E-state index contributed by atoms with van der Waals surface area (Å²) in [4.78, 5) is 23.8. The van der Waals surface area contributed by atoms with Gasteiger partial charge in [-0.15, -0.1) is 0 Å². The third kappa shape index (κ3) is 3.86. The number of aromatic nitrogens is 3. The molecule has 8 heteroatoms. The van der Waals surface area contributed by atoms with Crippen LogP contribution in [0.4, 0.5) is 0 Å². The summed E-state index contributed by atoms with van der Waals surface area (Å²) in [6.45, 7) is 4.54. The van der Waals surface area contributed by atoms with Gasteiger partial charge >= 0.3 is 0 Å². The fourth-order valence-corrected chi connectivity index (χ4v) is 5.12. The first-order chi connectivity index (χ1) is 13.8. The Bertz CT molecular complexity index is 1210. The van der Waals surface area contributed by atoms with E-state index in [0.717, 1.165) is 16.7 Å². The maximum atomic E-state index is 13.1. The molecule has 0 bridgehead atoms. The van der Waals surface area contributed by atoms with Gasteiger partial charge in [0, 0.05) is 43.0 Å². The number of aryl methyl sites for hydroxylation is 2. The summed E-state index contributed by atoms with van der Waals surface area (Å²) in [5, 5.41) is 0. The molecule has 0 aliphatic carbocycles. The molecule has 1 aliphatic rings. The molecule has 3 aromatic rings. The van der Waals surface area contributed by atoms with Crippen molar-refractivity contribution in [3.8, 4) is 11.3 Å². The average molecular weight is 410 g/mol. The third-order valence-corrected chi connectivity index (χ3v) is 7.25. The number of sulfonamides is 1. The number of rotatable bonds is 4. The van der Waals surface area contributed by atoms with Crippen LogP contribution in [0.2, 0.25) is 0 Å². The summed E-state index contributed by atoms with van der Waals surface area (Å²) < 4.78 is 27.6. The zero-order chi connectivity index (χ0) is 20.6. The standard InChI is InChI=1S/C21H22N4O3S/c1-14-3-4-18(11-15(14)2)29(27,28)25-10-7-17(13-25)21-23-19(12-20(26)24-21)16-5-8-22-9-6-16/h3-6,8-9,11-12,17H,7,10,13H2,1-2H3,(H,23,24,26). The lowest BCUT2D eigenvalue weighted by atomic mass is 10.1. The van der Waals surface area contributed by atoms with Crippen LogP contribution >= 0.6 is 0 Å². The molecular formula is C21H22N4O3S. The summed E-state index contributed by atoms with van der Waals surface area (Å²) in [5.74, 6) is 0.355. The Balaban J connectivity index is 1.61. The number of hydrogen-bond donors (Lipinski definition) is 1. The zero-order valence-corrected chi connectivity index (χ0v) is 17.1. The SMILES string of the molecule is Cc1ccc(S(=O)(=O)N2CCC(c3nc(-c4ccncc4)cc(=O)[nH]3)C2)cc1C. The van der Waals surface area contributed by atoms with Gasteiger partial charge in [-0.2, -0.15) is 4.31 Å². The maximum absolute atomic E-state index is 13.1. The van der Waals surface area contributed by atoms with Gasteiger partial charge in [-0.1, -0.05) is 6.07 Å². The van der Waals surface area contributed by atoms with E-state index in [1.165, 1.54) is 10.4 Å².